The fourth-order valence-corrected chi connectivity index (χ4v) is 2.66. The first-order valence-electron chi connectivity index (χ1n) is 5.61. The zero-order valence-electron chi connectivity index (χ0n) is 10.3. The molecule has 6 nitrogen and oxygen atoms in total. The maximum Gasteiger partial charge on any atom is 0.335 e. The van der Waals surface area contributed by atoms with E-state index in [-0.39, 0.29) is 16.1 Å². The number of hydrogen-bond acceptors (Lipinski definition) is 4. The van der Waals surface area contributed by atoms with Crippen LogP contribution < -0.4 is 10.5 Å². The molecule has 0 amide bonds. The van der Waals surface area contributed by atoms with E-state index in [2.05, 4.69) is 4.72 Å². The van der Waals surface area contributed by atoms with Crippen molar-refractivity contribution in [3.63, 3.8) is 0 Å². The average molecular weight is 292 g/mol. The molecule has 0 bridgehead atoms. The molecule has 0 radical (unpaired) electrons. The van der Waals surface area contributed by atoms with Gasteiger partial charge in [-0.25, -0.2) is 13.2 Å². The van der Waals surface area contributed by atoms with Gasteiger partial charge in [-0.2, -0.15) is 0 Å². The Morgan fingerprint density at radius 1 is 1.05 bits per heavy atom. The zero-order valence-corrected chi connectivity index (χ0v) is 11.1. The molecule has 4 N–H and O–H groups in total. The lowest BCUT2D eigenvalue weighted by atomic mass is 10.2. The third-order valence-electron chi connectivity index (χ3n) is 2.62. The van der Waals surface area contributed by atoms with E-state index in [0.717, 1.165) is 0 Å². The molecular weight excluding hydrogens is 280 g/mol. The van der Waals surface area contributed by atoms with Crippen molar-refractivity contribution in [2.24, 2.45) is 0 Å². The summed E-state index contributed by atoms with van der Waals surface area (Å²) in [7, 11) is -3.80. The van der Waals surface area contributed by atoms with Gasteiger partial charge in [0.25, 0.3) is 10.0 Å². The summed E-state index contributed by atoms with van der Waals surface area (Å²) in [6.07, 6.45) is 0. The molecule has 0 aromatic heterocycles. The predicted octanol–water partition coefficient (Wildman–Crippen LogP) is 1.77. The first-order chi connectivity index (χ1) is 9.40. The molecule has 0 atom stereocenters. The van der Waals surface area contributed by atoms with Crippen LogP contribution in [0.1, 0.15) is 10.4 Å². The van der Waals surface area contributed by atoms with Crippen molar-refractivity contribution in [1.82, 2.24) is 0 Å². The number of nitrogens with two attached hydrogens (primary N) is 1. The Labute approximate surface area is 115 Å². The molecule has 20 heavy (non-hydrogen) atoms. The molecule has 2 aromatic carbocycles. The molecular formula is C13H12N2O4S. The van der Waals surface area contributed by atoms with Crippen molar-refractivity contribution in [2.45, 2.75) is 4.90 Å². The number of sulfonamides is 1. The molecule has 104 valence electrons. The number of carboxylic acid groups (broad SMARTS) is 1. The number of nitrogen functional groups attached to an aromatic ring is 1. The van der Waals surface area contributed by atoms with E-state index in [1.54, 1.807) is 24.3 Å². The predicted molar refractivity (Wildman–Crippen MR) is 75.1 cm³/mol. The monoisotopic (exact) mass is 292 g/mol. The minimum atomic E-state index is -3.80. The maximum atomic E-state index is 12.1. The summed E-state index contributed by atoms with van der Waals surface area (Å²) in [5.74, 6) is -1.12. The van der Waals surface area contributed by atoms with E-state index >= 15 is 0 Å². The molecule has 2 aromatic rings. The summed E-state index contributed by atoms with van der Waals surface area (Å²) >= 11 is 0. The molecule has 0 aliphatic heterocycles. The van der Waals surface area contributed by atoms with Crippen LogP contribution in [0, 0.1) is 0 Å². The molecule has 0 saturated heterocycles. The van der Waals surface area contributed by atoms with Gasteiger partial charge in [0, 0.05) is 0 Å². The van der Waals surface area contributed by atoms with Crippen molar-refractivity contribution >= 4 is 27.4 Å². The lowest BCUT2D eigenvalue weighted by Gasteiger charge is -2.10. The summed E-state index contributed by atoms with van der Waals surface area (Å²) in [5.41, 5.74) is 6.26. The van der Waals surface area contributed by atoms with Crippen molar-refractivity contribution in [3.8, 4) is 0 Å². The third kappa shape index (κ3) is 2.89. The number of carbonyl (C=O) groups is 1. The molecule has 0 aliphatic rings. The van der Waals surface area contributed by atoms with Gasteiger partial charge in [-0.05, 0) is 36.4 Å². The van der Waals surface area contributed by atoms with E-state index in [1.165, 1.54) is 24.3 Å². The first kappa shape index (κ1) is 13.9. The van der Waals surface area contributed by atoms with E-state index < -0.39 is 16.0 Å². The first-order valence-corrected chi connectivity index (χ1v) is 7.09. The summed E-state index contributed by atoms with van der Waals surface area (Å²) < 4.78 is 26.6. The highest BCUT2D eigenvalue weighted by Gasteiger charge is 2.15. The Bertz CT molecular complexity index is 739. The maximum absolute atomic E-state index is 12.1. The Balaban J connectivity index is 2.31. The fraction of sp³-hybridized carbons (Fsp3) is 0. The quantitative estimate of drug-likeness (QED) is 0.744. The zero-order chi connectivity index (χ0) is 14.8. The number of benzene rings is 2. The second-order valence-corrected chi connectivity index (χ2v) is 5.70. The molecule has 2 rings (SSSR count). The van der Waals surface area contributed by atoms with Crippen molar-refractivity contribution < 1.29 is 18.3 Å². The molecule has 0 heterocycles. The van der Waals surface area contributed by atoms with Gasteiger partial charge in [-0.3, -0.25) is 4.72 Å². The van der Waals surface area contributed by atoms with Gasteiger partial charge < -0.3 is 10.8 Å². The summed E-state index contributed by atoms with van der Waals surface area (Å²) in [5, 5.41) is 8.77. The number of rotatable bonds is 4. The van der Waals surface area contributed by atoms with Crippen LogP contribution in [0.4, 0.5) is 11.4 Å². The smallest absolute Gasteiger partial charge is 0.335 e. The van der Waals surface area contributed by atoms with Crippen LogP contribution in [0.25, 0.3) is 0 Å². The Morgan fingerprint density at radius 3 is 2.20 bits per heavy atom. The molecule has 0 unspecified atom stereocenters. The summed E-state index contributed by atoms with van der Waals surface area (Å²) in [4.78, 5) is 10.7. The highest BCUT2D eigenvalue weighted by molar-refractivity contribution is 7.92. The lowest BCUT2D eigenvalue weighted by molar-refractivity contribution is 0.0697. The van der Waals surface area contributed by atoms with Crippen LogP contribution in [0.15, 0.2) is 53.4 Å². The molecule has 7 heteroatoms. The van der Waals surface area contributed by atoms with Crippen LogP contribution in [0.5, 0.6) is 0 Å². The van der Waals surface area contributed by atoms with Crippen LogP contribution >= 0.6 is 0 Å². The number of aromatic carboxylic acids is 1. The number of carboxylic acids is 1. The van der Waals surface area contributed by atoms with E-state index in [4.69, 9.17) is 10.8 Å². The molecule has 0 spiro atoms. The van der Waals surface area contributed by atoms with Gasteiger partial charge in [0.1, 0.15) is 0 Å². The average Bonchev–Trinajstić information content (AvgIpc) is 2.41. The van der Waals surface area contributed by atoms with Crippen molar-refractivity contribution in [2.75, 3.05) is 10.5 Å². The van der Waals surface area contributed by atoms with Gasteiger partial charge in [-0.1, -0.05) is 12.1 Å². The standard InChI is InChI=1S/C13H12N2O4S/c14-11-3-1-2-4-12(11)15-20(18,19)10-7-5-9(6-8-10)13(16)17/h1-8,15H,14H2,(H,16,17). The Hall–Kier alpha value is -2.54. The number of nitrogens with one attached hydrogen (secondary N) is 1. The topological polar surface area (TPSA) is 109 Å². The minimum Gasteiger partial charge on any atom is -0.478 e. The summed E-state index contributed by atoms with van der Waals surface area (Å²) in [6, 6.07) is 11.4. The van der Waals surface area contributed by atoms with Crippen LogP contribution in [-0.2, 0) is 10.0 Å². The molecule has 0 saturated carbocycles. The van der Waals surface area contributed by atoms with Crippen LogP contribution in [-0.4, -0.2) is 19.5 Å². The second kappa shape index (κ2) is 5.22. The van der Waals surface area contributed by atoms with Gasteiger partial charge in [-0.15, -0.1) is 0 Å². The van der Waals surface area contributed by atoms with Gasteiger partial charge >= 0.3 is 5.97 Å². The van der Waals surface area contributed by atoms with Crippen molar-refractivity contribution in [1.29, 1.82) is 0 Å². The number of hydrogen-bond donors (Lipinski definition) is 3. The third-order valence-corrected chi connectivity index (χ3v) is 4.00. The van der Waals surface area contributed by atoms with Gasteiger partial charge in [0.15, 0.2) is 0 Å². The van der Waals surface area contributed by atoms with Gasteiger partial charge in [0.2, 0.25) is 0 Å². The SMILES string of the molecule is Nc1ccccc1NS(=O)(=O)c1ccc(C(=O)O)cc1. The Morgan fingerprint density at radius 2 is 1.65 bits per heavy atom. The van der Waals surface area contributed by atoms with E-state index in [1.807, 2.05) is 0 Å². The molecule has 0 aliphatic carbocycles. The largest absolute Gasteiger partial charge is 0.478 e. The summed E-state index contributed by atoms with van der Waals surface area (Å²) in [6.45, 7) is 0. The number of anilines is 2. The van der Waals surface area contributed by atoms with Gasteiger partial charge in [0.05, 0.1) is 21.8 Å². The Kier molecular flexibility index (Phi) is 3.62. The normalized spacial score (nSPS) is 11.0. The van der Waals surface area contributed by atoms with Crippen molar-refractivity contribution in [3.05, 3.63) is 54.1 Å². The minimum absolute atomic E-state index is 0.0168. The van der Waals surface area contributed by atoms with Crippen LogP contribution in [0.2, 0.25) is 0 Å². The molecule has 0 fully saturated rings. The second-order valence-electron chi connectivity index (χ2n) is 4.02. The van der Waals surface area contributed by atoms with Crippen LogP contribution in [0.3, 0.4) is 0 Å². The van der Waals surface area contributed by atoms with E-state index in [0.29, 0.717) is 5.69 Å². The number of para-hydroxylation sites is 2. The highest BCUT2D eigenvalue weighted by Crippen LogP contribution is 2.21. The highest BCUT2D eigenvalue weighted by atomic mass is 32.2. The lowest BCUT2D eigenvalue weighted by Crippen LogP contribution is -2.14. The fourth-order valence-electron chi connectivity index (χ4n) is 1.57. The van der Waals surface area contributed by atoms with E-state index in [9.17, 15) is 13.2 Å².